The predicted octanol–water partition coefficient (Wildman–Crippen LogP) is 5.86. The Bertz CT molecular complexity index is 2540. The molecule has 5 amide bonds. The first-order chi connectivity index (χ1) is 28.6. The van der Waals surface area contributed by atoms with Gasteiger partial charge in [0.25, 0.3) is 11.8 Å². The molecule has 0 saturated carbocycles. The van der Waals surface area contributed by atoms with Gasteiger partial charge in [-0.2, -0.15) is 18.4 Å². The van der Waals surface area contributed by atoms with Crippen LogP contribution < -0.4 is 20.0 Å². The topological polar surface area (TPSA) is 137 Å². The molecule has 5 heterocycles. The zero-order valence-corrected chi connectivity index (χ0v) is 32.9. The summed E-state index contributed by atoms with van der Waals surface area (Å²) in [6, 6.07) is 23.0. The summed E-state index contributed by atoms with van der Waals surface area (Å²) in [7, 11) is 0. The number of nitrogens with zero attached hydrogens (tertiary/aromatic N) is 6. The second-order valence-corrected chi connectivity index (χ2v) is 16.6. The molecule has 0 spiro atoms. The van der Waals surface area contributed by atoms with Crippen LogP contribution in [0.3, 0.4) is 0 Å². The summed E-state index contributed by atoms with van der Waals surface area (Å²) in [5, 5.41) is 11.5. The molecule has 0 bridgehead atoms. The fraction of sp³-hybridized carbons (Fsp3) is 0.333. The lowest BCUT2D eigenvalue weighted by molar-refractivity contribution is -0.138. The quantitative estimate of drug-likeness (QED) is 0.228. The molecule has 0 aromatic heterocycles. The lowest BCUT2D eigenvalue weighted by atomic mass is 9.84. The normalized spacial score (nSPS) is 20.6. The minimum Gasteiger partial charge on any atom is -0.371 e. The maximum atomic E-state index is 13.8. The zero-order valence-electron chi connectivity index (χ0n) is 32.9. The van der Waals surface area contributed by atoms with Crippen LogP contribution in [0.25, 0.3) is 11.1 Å². The first-order valence-corrected chi connectivity index (χ1v) is 19.9. The van der Waals surface area contributed by atoms with E-state index < -0.39 is 52.4 Å². The van der Waals surface area contributed by atoms with Gasteiger partial charge in [-0.25, -0.2) is 0 Å². The molecular weight excluding hydrogens is 776 g/mol. The molecule has 4 aromatic rings. The van der Waals surface area contributed by atoms with E-state index in [9.17, 15) is 42.4 Å². The molecule has 5 aliphatic rings. The highest BCUT2D eigenvalue weighted by molar-refractivity contribution is 6.23. The molecule has 3 saturated heterocycles. The highest BCUT2D eigenvalue weighted by atomic mass is 19.4. The number of amides is 5. The molecule has 60 heavy (non-hydrogen) atoms. The third kappa shape index (κ3) is 6.55. The van der Waals surface area contributed by atoms with Crippen molar-refractivity contribution in [3.05, 3.63) is 107 Å². The van der Waals surface area contributed by atoms with Gasteiger partial charge in [-0.15, -0.1) is 0 Å². The fourth-order valence-electron chi connectivity index (χ4n) is 9.15. The molecule has 12 nitrogen and oxygen atoms in total. The fourth-order valence-corrected chi connectivity index (χ4v) is 9.15. The molecule has 0 radical (unpaired) electrons. The molecule has 1 N–H and O–H groups in total. The monoisotopic (exact) mass is 815 g/mol. The van der Waals surface area contributed by atoms with E-state index in [0.29, 0.717) is 17.2 Å². The molecule has 0 aliphatic carbocycles. The van der Waals surface area contributed by atoms with Gasteiger partial charge in [-0.05, 0) is 97.6 Å². The van der Waals surface area contributed by atoms with Gasteiger partial charge in [0.15, 0.2) is 0 Å². The summed E-state index contributed by atoms with van der Waals surface area (Å²) >= 11 is 0. The molecule has 9 rings (SSSR count). The summed E-state index contributed by atoms with van der Waals surface area (Å²) < 4.78 is 41.4. The third-order valence-corrected chi connectivity index (χ3v) is 12.5. The van der Waals surface area contributed by atoms with Crippen LogP contribution >= 0.6 is 0 Å². The number of piperazine rings is 1. The minimum absolute atomic E-state index is 0.0570. The smallest absolute Gasteiger partial charge is 0.371 e. The molecule has 4 aromatic carbocycles. The van der Waals surface area contributed by atoms with E-state index in [0.717, 1.165) is 85.3 Å². The number of fused-ring (bicyclic) bond motifs is 2. The van der Waals surface area contributed by atoms with Gasteiger partial charge in [0.05, 0.1) is 39.4 Å². The second-order valence-electron chi connectivity index (χ2n) is 16.6. The van der Waals surface area contributed by atoms with Gasteiger partial charge in [-0.1, -0.05) is 18.2 Å². The lowest BCUT2D eigenvalue weighted by Crippen LogP contribution is -2.55. The van der Waals surface area contributed by atoms with Crippen LogP contribution in [0.1, 0.15) is 64.1 Å². The molecule has 3 fully saturated rings. The number of benzene rings is 4. The number of carbonyl (C=O) groups excluding carboxylic acids is 5. The van der Waals surface area contributed by atoms with E-state index in [-0.39, 0.29) is 35.6 Å². The van der Waals surface area contributed by atoms with Gasteiger partial charge >= 0.3 is 6.18 Å². The first-order valence-electron chi connectivity index (χ1n) is 19.9. The van der Waals surface area contributed by atoms with Crippen molar-refractivity contribution in [2.75, 3.05) is 60.5 Å². The molecule has 1 atom stereocenters. The van der Waals surface area contributed by atoms with Crippen molar-refractivity contribution in [1.82, 2.24) is 15.1 Å². The molecular formula is C45H40F3N7O5. The van der Waals surface area contributed by atoms with Gasteiger partial charge < -0.3 is 9.80 Å². The number of alkyl halides is 3. The number of nitriles is 1. The summed E-state index contributed by atoms with van der Waals surface area (Å²) in [4.78, 5) is 73.5. The predicted molar refractivity (Wildman–Crippen MR) is 216 cm³/mol. The van der Waals surface area contributed by atoms with Crippen molar-refractivity contribution in [2.45, 2.75) is 44.3 Å². The van der Waals surface area contributed by atoms with Crippen LogP contribution in [0.4, 0.5) is 35.9 Å². The maximum absolute atomic E-state index is 13.8. The highest BCUT2D eigenvalue weighted by Crippen LogP contribution is 2.48. The molecule has 306 valence electrons. The summed E-state index contributed by atoms with van der Waals surface area (Å²) in [5.41, 5.74) is 3.02. The van der Waals surface area contributed by atoms with Gasteiger partial charge in [-0.3, -0.25) is 44.0 Å². The second kappa shape index (κ2) is 14.3. The number of hydrogen-bond acceptors (Lipinski definition) is 9. The van der Waals surface area contributed by atoms with Crippen LogP contribution in [-0.2, 0) is 26.0 Å². The highest BCUT2D eigenvalue weighted by Gasteiger charge is 2.47. The van der Waals surface area contributed by atoms with Crippen molar-refractivity contribution in [3.8, 4) is 17.2 Å². The Hall–Kier alpha value is -6.53. The molecule has 15 heteroatoms. The van der Waals surface area contributed by atoms with E-state index in [1.807, 2.05) is 30.3 Å². The Kier molecular flexibility index (Phi) is 9.31. The van der Waals surface area contributed by atoms with Crippen molar-refractivity contribution in [2.24, 2.45) is 5.92 Å². The number of nitrogens with one attached hydrogen (secondary N) is 1. The largest absolute Gasteiger partial charge is 0.417 e. The van der Waals surface area contributed by atoms with Crippen molar-refractivity contribution >= 4 is 52.3 Å². The van der Waals surface area contributed by atoms with Crippen LogP contribution in [0, 0.1) is 17.2 Å². The number of imide groups is 2. The van der Waals surface area contributed by atoms with Crippen LogP contribution in [0.2, 0.25) is 0 Å². The Morgan fingerprint density at radius 1 is 0.767 bits per heavy atom. The van der Waals surface area contributed by atoms with Crippen LogP contribution in [-0.4, -0.2) is 91.2 Å². The lowest BCUT2D eigenvalue weighted by Gasteiger charge is -2.45. The van der Waals surface area contributed by atoms with Crippen molar-refractivity contribution in [3.63, 3.8) is 0 Å². The maximum Gasteiger partial charge on any atom is 0.417 e. The van der Waals surface area contributed by atoms with E-state index in [4.69, 9.17) is 0 Å². The number of carbonyl (C=O) groups is 5. The van der Waals surface area contributed by atoms with E-state index >= 15 is 0 Å². The third-order valence-electron chi connectivity index (χ3n) is 12.5. The molecule has 1 unspecified atom stereocenters. The number of anilines is 4. The first kappa shape index (κ1) is 39.0. The van der Waals surface area contributed by atoms with E-state index in [2.05, 4.69) is 32.1 Å². The van der Waals surface area contributed by atoms with Gasteiger partial charge in [0.2, 0.25) is 17.7 Å². The summed E-state index contributed by atoms with van der Waals surface area (Å²) in [5.74, 6) is -1.91. The SMILES string of the molecule is CC1(C)C(=O)N(c2ccc(C#N)c(C(F)(F)F)c2)c2ccc(-c3ccc(N4CC(CN5CCN(c6ccc7c(c6)C(=O)N(C6CCC(=O)NC6=O)C7=O)CC5)C4)cc3)cc21. The Morgan fingerprint density at radius 3 is 2.12 bits per heavy atom. The zero-order chi connectivity index (χ0) is 42.2. The summed E-state index contributed by atoms with van der Waals surface area (Å²) in [6.07, 6.45) is -4.56. The number of piperidine rings is 1. The number of hydrogen-bond donors (Lipinski definition) is 1. The molecule has 5 aliphatic heterocycles. The Balaban J connectivity index is 0.796. The Morgan fingerprint density at radius 2 is 1.43 bits per heavy atom. The van der Waals surface area contributed by atoms with Gasteiger partial charge in [0.1, 0.15) is 6.04 Å². The average Bonchev–Trinajstić information content (AvgIpc) is 3.58. The van der Waals surface area contributed by atoms with Crippen LogP contribution in [0.5, 0.6) is 0 Å². The number of rotatable bonds is 7. The standard InChI is InChI=1S/C45H40F3N7O5/c1-44(2)36-19-28(6-12-37(36)54(43(44)60)32-9-5-29(22-49)35(21-32)45(46,47)48)27-3-7-30(8-4-27)53-24-26(25-53)23-51-15-17-52(18-16-51)31-10-11-33-34(20-31)42(59)55(41(33)58)38-13-14-39(56)50-40(38)57/h3-12,19-21,26,38H,13-18,23-25H2,1-2H3,(H,50,56,57). The Labute approximate surface area is 343 Å². The minimum atomic E-state index is -4.75. The van der Waals surface area contributed by atoms with Crippen molar-refractivity contribution in [1.29, 1.82) is 5.26 Å². The van der Waals surface area contributed by atoms with Crippen LogP contribution in [0.15, 0.2) is 78.9 Å². The van der Waals surface area contributed by atoms with Crippen molar-refractivity contribution < 1.29 is 37.1 Å². The summed E-state index contributed by atoms with van der Waals surface area (Å²) in [6.45, 7) is 9.53. The average molecular weight is 816 g/mol. The number of halogens is 3. The van der Waals surface area contributed by atoms with Gasteiger partial charge in [0, 0.05) is 75.2 Å². The van der Waals surface area contributed by atoms with E-state index in [1.165, 1.54) is 11.0 Å². The van der Waals surface area contributed by atoms with E-state index in [1.54, 1.807) is 38.1 Å².